The SMILES string of the molecule is N#CC1=CNCCC1. The summed E-state index contributed by atoms with van der Waals surface area (Å²) in [5, 5.41) is 11.3. The maximum atomic E-state index is 8.33. The van der Waals surface area contributed by atoms with Gasteiger partial charge in [0.05, 0.1) is 6.07 Å². The van der Waals surface area contributed by atoms with Gasteiger partial charge in [0.2, 0.25) is 0 Å². The van der Waals surface area contributed by atoms with Crippen LogP contribution in [-0.4, -0.2) is 6.54 Å². The van der Waals surface area contributed by atoms with Crippen molar-refractivity contribution in [2.75, 3.05) is 6.54 Å². The highest BCUT2D eigenvalue weighted by Crippen LogP contribution is 2.04. The zero-order valence-corrected chi connectivity index (χ0v) is 4.65. The highest BCUT2D eigenvalue weighted by Gasteiger charge is 1.98. The van der Waals surface area contributed by atoms with E-state index in [9.17, 15) is 0 Å². The van der Waals surface area contributed by atoms with E-state index in [0.717, 1.165) is 25.0 Å². The molecule has 2 heteroatoms. The fraction of sp³-hybridized carbons (Fsp3) is 0.500. The van der Waals surface area contributed by atoms with Gasteiger partial charge in [0.25, 0.3) is 0 Å². The topological polar surface area (TPSA) is 35.8 Å². The van der Waals surface area contributed by atoms with Crippen LogP contribution in [0, 0.1) is 11.3 Å². The van der Waals surface area contributed by atoms with Gasteiger partial charge in [-0.1, -0.05) is 0 Å². The van der Waals surface area contributed by atoms with Crippen molar-refractivity contribution in [3.05, 3.63) is 11.8 Å². The van der Waals surface area contributed by atoms with E-state index in [-0.39, 0.29) is 0 Å². The van der Waals surface area contributed by atoms with E-state index in [0.29, 0.717) is 0 Å². The van der Waals surface area contributed by atoms with E-state index in [2.05, 4.69) is 11.4 Å². The van der Waals surface area contributed by atoms with Gasteiger partial charge in [-0.25, -0.2) is 0 Å². The number of allylic oxidation sites excluding steroid dienone is 1. The van der Waals surface area contributed by atoms with Crippen LogP contribution in [0.2, 0.25) is 0 Å². The van der Waals surface area contributed by atoms with Gasteiger partial charge in [-0.15, -0.1) is 0 Å². The number of hydrogen-bond donors (Lipinski definition) is 1. The molecule has 0 amide bonds. The van der Waals surface area contributed by atoms with Crippen molar-refractivity contribution in [2.24, 2.45) is 0 Å². The summed E-state index contributed by atoms with van der Waals surface area (Å²) >= 11 is 0. The first kappa shape index (κ1) is 5.17. The van der Waals surface area contributed by atoms with Crippen molar-refractivity contribution in [3.63, 3.8) is 0 Å². The Hall–Kier alpha value is -0.970. The highest BCUT2D eigenvalue weighted by atomic mass is 14.8. The van der Waals surface area contributed by atoms with Crippen LogP contribution in [0.25, 0.3) is 0 Å². The molecule has 42 valence electrons. The Bertz CT molecular complexity index is 141. The lowest BCUT2D eigenvalue weighted by Gasteiger charge is -2.06. The third-order valence-corrected chi connectivity index (χ3v) is 1.19. The number of rotatable bonds is 0. The van der Waals surface area contributed by atoms with E-state index in [4.69, 9.17) is 5.26 Å². The van der Waals surface area contributed by atoms with Gasteiger partial charge in [-0.2, -0.15) is 5.26 Å². The van der Waals surface area contributed by atoms with Crippen LogP contribution in [0.4, 0.5) is 0 Å². The molecule has 0 saturated carbocycles. The molecule has 2 nitrogen and oxygen atoms in total. The minimum absolute atomic E-state index is 0.872. The molecule has 0 unspecified atom stereocenters. The minimum Gasteiger partial charge on any atom is -0.390 e. The lowest BCUT2D eigenvalue weighted by atomic mass is 10.1. The summed E-state index contributed by atoms with van der Waals surface area (Å²) in [4.78, 5) is 0. The molecular weight excluding hydrogens is 100 g/mol. The number of nitrogens with one attached hydrogen (secondary N) is 1. The molecule has 0 bridgehead atoms. The predicted molar refractivity (Wildman–Crippen MR) is 30.9 cm³/mol. The Morgan fingerprint density at radius 3 is 3.00 bits per heavy atom. The van der Waals surface area contributed by atoms with Gasteiger partial charge < -0.3 is 5.32 Å². The molecule has 8 heavy (non-hydrogen) atoms. The largest absolute Gasteiger partial charge is 0.390 e. The molecule has 0 fully saturated rings. The van der Waals surface area contributed by atoms with Crippen molar-refractivity contribution in [3.8, 4) is 6.07 Å². The van der Waals surface area contributed by atoms with Crippen molar-refractivity contribution in [1.29, 1.82) is 5.26 Å². The Morgan fingerprint density at radius 2 is 2.62 bits per heavy atom. The van der Waals surface area contributed by atoms with Gasteiger partial charge in [-0.05, 0) is 12.8 Å². The van der Waals surface area contributed by atoms with E-state index in [1.807, 2.05) is 0 Å². The summed E-state index contributed by atoms with van der Waals surface area (Å²) < 4.78 is 0. The Kier molecular flexibility index (Phi) is 1.53. The third-order valence-electron chi connectivity index (χ3n) is 1.19. The number of hydrogen-bond acceptors (Lipinski definition) is 2. The Labute approximate surface area is 48.8 Å². The summed E-state index contributed by atoms with van der Waals surface area (Å²) in [5.74, 6) is 0. The normalized spacial score (nSPS) is 18.1. The average Bonchev–Trinajstić information content (AvgIpc) is 1.90. The highest BCUT2D eigenvalue weighted by molar-refractivity contribution is 5.20. The molecule has 1 heterocycles. The predicted octanol–water partition coefficient (Wildman–Crippen LogP) is 0.777. The summed E-state index contributed by atoms with van der Waals surface area (Å²) in [6.45, 7) is 1.02. The Balaban J connectivity index is 2.53. The zero-order chi connectivity index (χ0) is 5.82. The first-order valence-electron chi connectivity index (χ1n) is 2.76. The molecule has 1 aliphatic heterocycles. The van der Waals surface area contributed by atoms with Crippen LogP contribution < -0.4 is 5.32 Å². The van der Waals surface area contributed by atoms with Gasteiger partial charge >= 0.3 is 0 Å². The zero-order valence-electron chi connectivity index (χ0n) is 4.65. The molecule has 1 rings (SSSR count). The van der Waals surface area contributed by atoms with E-state index >= 15 is 0 Å². The van der Waals surface area contributed by atoms with Gasteiger partial charge in [-0.3, -0.25) is 0 Å². The van der Waals surface area contributed by atoms with Crippen LogP contribution in [0.3, 0.4) is 0 Å². The second-order valence-corrected chi connectivity index (χ2v) is 1.84. The monoisotopic (exact) mass is 108 g/mol. The molecule has 0 aromatic heterocycles. The summed E-state index contributed by atoms with van der Waals surface area (Å²) in [5.41, 5.74) is 0.872. The smallest absolute Gasteiger partial charge is 0.0962 e. The number of nitrogens with zero attached hydrogens (tertiary/aromatic N) is 1. The second kappa shape index (κ2) is 2.37. The molecule has 0 atom stereocenters. The standard InChI is InChI=1S/C6H8N2/c7-4-6-2-1-3-8-5-6/h5,8H,1-3H2. The lowest BCUT2D eigenvalue weighted by molar-refractivity contribution is 0.711. The maximum Gasteiger partial charge on any atom is 0.0962 e. The molecule has 0 aliphatic carbocycles. The first-order valence-corrected chi connectivity index (χ1v) is 2.76. The fourth-order valence-corrected chi connectivity index (χ4v) is 0.737. The summed E-state index contributed by atoms with van der Waals surface area (Å²) in [6.07, 6.45) is 3.84. The molecule has 1 N–H and O–H groups in total. The molecule has 0 aromatic rings. The van der Waals surface area contributed by atoms with Gasteiger partial charge in [0.15, 0.2) is 0 Å². The molecule has 0 spiro atoms. The van der Waals surface area contributed by atoms with E-state index in [1.54, 1.807) is 6.20 Å². The fourth-order valence-electron chi connectivity index (χ4n) is 0.737. The van der Waals surface area contributed by atoms with Gasteiger partial charge in [0.1, 0.15) is 0 Å². The van der Waals surface area contributed by atoms with E-state index in [1.165, 1.54) is 0 Å². The van der Waals surface area contributed by atoms with Crippen molar-refractivity contribution < 1.29 is 0 Å². The quantitative estimate of drug-likeness (QED) is 0.497. The third kappa shape index (κ3) is 1.00. The van der Waals surface area contributed by atoms with Crippen LogP contribution in [0.5, 0.6) is 0 Å². The molecule has 1 aliphatic rings. The number of nitriles is 1. The molecule has 0 saturated heterocycles. The first-order chi connectivity index (χ1) is 3.93. The Morgan fingerprint density at radius 1 is 1.75 bits per heavy atom. The van der Waals surface area contributed by atoms with Crippen molar-refractivity contribution in [2.45, 2.75) is 12.8 Å². The molecular formula is C6H8N2. The maximum absolute atomic E-state index is 8.33. The van der Waals surface area contributed by atoms with Crippen LogP contribution in [-0.2, 0) is 0 Å². The second-order valence-electron chi connectivity index (χ2n) is 1.84. The van der Waals surface area contributed by atoms with Crippen molar-refractivity contribution >= 4 is 0 Å². The van der Waals surface area contributed by atoms with Crippen LogP contribution in [0.1, 0.15) is 12.8 Å². The summed E-state index contributed by atoms with van der Waals surface area (Å²) in [6, 6.07) is 2.10. The lowest BCUT2D eigenvalue weighted by Crippen LogP contribution is -2.12. The molecule has 0 aromatic carbocycles. The van der Waals surface area contributed by atoms with Crippen molar-refractivity contribution in [1.82, 2.24) is 5.32 Å². The van der Waals surface area contributed by atoms with E-state index < -0.39 is 0 Å². The van der Waals surface area contributed by atoms with Crippen LogP contribution >= 0.6 is 0 Å². The van der Waals surface area contributed by atoms with Gasteiger partial charge in [0, 0.05) is 18.3 Å². The molecule has 0 radical (unpaired) electrons. The van der Waals surface area contributed by atoms with Crippen LogP contribution in [0.15, 0.2) is 11.8 Å². The average molecular weight is 108 g/mol. The minimum atomic E-state index is 0.872. The summed E-state index contributed by atoms with van der Waals surface area (Å²) in [7, 11) is 0.